The van der Waals surface area contributed by atoms with Crippen LogP contribution in [0.4, 0.5) is 0 Å². The minimum atomic E-state index is -0.0482. The second kappa shape index (κ2) is 11.0. The van der Waals surface area contributed by atoms with Crippen LogP contribution < -0.4 is 10.6 Å². The molecule has 1 spiro atoms. The van der Waals surface area contributed by atoms with Crippen molar-refractivity contribution in [2.45, 2.75) is 24.2 Å². The fourth-order valence-electron chi connectivity index (χ4n) is 3.83. The van der Waals surface area contributed by atoms with Gasteiger partial charge in [0.1, 0.15) is 0 Å². The first-order valence-corrected chi connectivity index (χ1v) is 10.6. The molecule has 2 aliphatic rings. The van der Waals surface area contributed by atoms with Crippen LogP contribution in [0.15, 0.2) is 29.2 Å². The summed E-state index contributed by atoms with van der Waals surface area (Å²) in [4.78, 5) is 27.8. The van der Waals surface area contributed by atoms with Gasteiger partial charge in [-0.2, -0.15) is 0 Å². The number of nitrogens with zero attached hydrogens (tertiary/aromatic N) is 1. The van der Waals surface area contributed by atoms with Crippen molar-refractivity contribution in [1.29, 1.82) is 0 Å². The molecule has 156 valence electrons. The van der Waals surface area contributed by atoms with E-state index in [9.17, 15) is 9.59 Å². The number of ether oxygens (including phenoxy) is 1. The number of likely N-dealkylation sites (tertiary alicyclic amines) is 1. The van der Waals surface area contributed by atoms with E-state index in [1.165, 1.54) is 18.2 Å². The maximum atomic E-state index is 13.1. The number of piperidine rings is 1. The number of nitrogens with one attached hydrogen (secondary N) is 2. The summed E-state index contributed by atoms with van der Waals surface area (Å²) >= 11 is 1.41. The quantitative estimate of drug-likeness (QED) is 0.515. The number of carbonyl (C=O) groups is 2. The average molecular weight is 428 g/mol. The maximum absolute atomic E-state index is 13.1. The highest BCUT2D eigenvalue weighted by Gasteiger charge is 2.38. The smallest absolute Gasteiger partial charge is 0.254 e. The summed E-state index contributed by atoms with van der Waals surface area (Å²) in [6, 6.07) is 7.60. The van der Waals surface area contributed by atoms with Crippen molar-refractivity contribution in [2.24, 2.45) is 5.41 Å². The van der Waals surface area contributed by atoms with Crippen LogP contribution in [-0.4, -0.2) is 68.9 Å². The van der Waals surface area contributed by atoms with Crippen molar-refractivity contribution >= 4 is 36.0 Å². The van der Waals surface area contributed by atoms with Gasteiger partial charge in [-0.1, -0.05) is 12.1 Å². The fraction of sp³-hybridized carbons (Fsp3) is 0.600. The molecule has 2 aliphatic heterocycles. The van der Waals surface area contributed by atoms with Crippen LogP contribution in [0.5, 0.6) is 0 Å². The summed E-state index contributed by atoms with van der Waals surface area (Å²) in [6.07, 6.45) is 3.37. The number of amides is 2. The highest BCUT2D eigenvalue weighted by atomic mass is 35.5. The number of carbonyl (C=O) groups excluding carboxylic acids is 2. The molecule has 2 N–H and O–H groups in total. The Morgan fingerprint density at radius 2 is 2.00 bits per heavy atom. The molecule has 2 fully saturated rings. The van der Waals surface area contributed by atoms with Crippen molar-refractivity contribution in [2.75, 3.05) is 52.2 Å². The number of hydrogen-bond acceptors (Lipinski definition) is 5. The SMILES string of the molecule is COCCNC(=O)CSc1ccccc1C(=O)N1CCC2(CCNC2)CC1.Cl. The molecule has 0 bridgehead atoms. The molecule has 2 amide bonds. The molecule has 0 aromatic heterocycles. The van der Waals surface area contributed by atoms with Crippen LogP contribution in [0.2, 0.25) is 0 Å². The molecular weight excluding hydrogens is 398 g/mol. The lowest BCUT2D eigenvalue weighted by molar-refractivity contribution is -0.118. The Balaban J connectivity index is 0.00000280. The Kier molecular flexibility index (Phi) is 9.08. The summed E-state index contributed by atoms with van der Waals surface area (Å²) in [5, 5.41) is 6.27. The molecule has 2 heterocycles. The van der Waals surface area contributed by atoms with Crippen LogP contribution in [0.1, 0.15) is 29.6 Å². The topological polar surface area (TPSA) is 70.7 Å². The number of hydrogen-bond donors (Lipinski definition) is 2. The molecule has 3 rings (SSSR count). The summed E-state index contributed by atoms with van der Waals surface area (Å²) in [5.41, 5.74) is 1.10. The molecule has 1 aromatic carbocycles. The zero-order valence-electron chi connectivity index (χ0n) is 16.4. The maximum Gasteiger partial charge on any atom is 0.254 e. The van der Waals surface area contributed by atoms with E-state index < -0.39 is 0 Å². The summed E-state index contributed by atoms with van der Waals surface area (Å²) in [7, 11) is 1.61. The van der Waals surface area contributed by atoms with Crippen LogP contribution in [-0.2, 0) is 9.53 Å². The lowest BCUT2D eigenvalue weighted by Gasteiger charge is -2.39. The molecule has 2 saturated heterocycles. The largest absolute Gasteiger partial charge is 0.383 e. The van der Waals surface area contributed by atoms with Crippen LogP contribution >= 0.6 is 24.2 Å². The molecule has 8 heteroatoms. The standard InChI is InChI=1S/C20H29N3O3S.ClH/c1-26-13-10-22-18(24)14-27-17-5-3-2-4-16(17)19(25)23-11-7-20(8-12-23)6-9-21-15-20;/h2-5,21H,6-15H2,1H3,(H,22,24);1H. The highest BCUT2D eigenvalue weighted by molar-refractivity contribution is 8.00. The summed E-state index contributed by atoms with van der Waals surface area (Å²) in [6.45, 7) is 4.81. The van der Waals surface area contributed by atoms with E-state index in [-0.39, 0.29) is 24.2 Å². The lowest BCUT2D eigenvalue weighted by Crippen LogP contribution is -2.44. The van der Waals surface area contributed by atoms with Gasteiger partial charge in [0.05, 0.1) is 17.9 Å². The predicted molar refractivity (Wildman–Crippen MR) is 114 cm³/mol. The Hall–Kier alpha value is -1.28. The first kappa shape index (κ1) is 23.0. The van der Waals surface area contributed by atoms with E-state index in [0.29, 0.717) is 29.9 Å². The van der Waals surface area contributed by atoms with Crippen molar-refractivity contribution in [3.63, 3.8) is 0 Å². The van der Waals surface area contributed by atoms with Gasteiger partial charge >= 0.3 is 0 Å². The molecule has 0 radical (unpaired) electrons. The first-order chi connectivity index (χ1) is 13.1. The van der Waals surface area contributed by atoms with Gasteiger partial charge in [0.2, 0.25) is 5.91 Å². The van der Waals surface area contributed by atoms with E-state index in [4.69, 9.17) is 4.74 Å². The highest BCUT2D eigenvalue weighted by Crippen LogP contribution is 2.37. The van der Waals surface area contributed by atoms with E-state index >= 15 is 0 Å². The van der Waals surface area contributed by atoms with Gasteiger partial charge in [0.25, 0.3) is 5.91 Å². The second-order valence-electron chi connectivity index (χ2n) is 7.35. The predicted octanol–water partition coefficient (Wildman–Crippen LogP) is 2.18. The van der Waals surface area contributed by atoms with Crippen molar-refractivity contribution < 1.29 is 14.3 Å². The Labute approximate surface area is 177 Å². The zero-order valence-corrected chi connectivity index (χ0v) is 18.0. The third-order valence-electron chi connectivity index (χ3n) is 5.55. The van der Waals surface area contributed by atoms with Gasteiger partial charge in [-0.15, -0.1) is 24.2 Å². The number of methoxy groups -OCH3 is 1. The number of benzene rings is 1. The Bertz CT molecular complexity index is 658. The van der Waals surface area contributed by atoms with Crippen molar-refractivity contribution in [3.05, 3.63) is 29.8 Å². The van der Waals surface area contributed by atoms with Gasteiger partial charge in [-0.3, -0.25) is 9.59 Å². The van der Waals surface area contributed by atoms with Crippen molar-refractivity contribution in [3.8, 4) is 0 Å². The van der Waals surface area contributed by atoms with E-state index in [2.05, 4.69) is 10.6 Å². The molecule has 28 heavy (non-hydrogen) atoms. The molecular formula is C20H30ClN3O3S. The molecule has 1 aromatic rings. The van der Waals surface area contributed by atoms with Gasteiger partial charge in [0, 0.05) is 38.2 Å². The minimum Gasteiger partial charge on any atom is -0.383 e. The van der Waals surface area contributed by atoms with Gasteiger partial charge in [-0.25, -0.2) is 0 Å². The molecule has 0 unspecified atom stereocenters. The van der Waals surface area contributed by atoms with Crippen LogP contribution in [0.25, 0.3) is 0 Å². The number of halogens is 1. The lowest BCUT2D eigenvalue weighted by atomic mass is 9.78. The molecule has 0 saturated carbocycles. The van der Waals surface area contributed by atoms with E-state index in [1.54, 1.807) is 7.11 Å². The number of thioether (sulfide) groups is 1. The monoisotopic (exact) mass is 427 g/mol. The van der Waals surface area contributed by atoms with Gasteiger partial charge < -0.3 is 20.3 Å². The summed E-state index contributed by atoms with van der Waals surface area (Å²) < 4.78 is 4.93. The van der Waals surface area contributed by atoms with Crippen LogP contribution in [0, 0.1) is 5.41 Å². The van der Waals surface area contributed by atoms with Crippen LogP contribution in [0.3, 0.4) is 0 Å². The van der Waals surface area contributed by atoms with Gasteiger partial charge in [0.15, 0.2) is 0 Å². The van der Waals surface area contributed by atoms with E-state index in [1.807, 2.05) is 29.2 Å². The first-order valence-electron chi connectivity index (χ1n) is 9.61. The normalized spacial score (nSPS) is 18.0. The molecule has 0 atom stereocenters. The summed E-state index contributed by atoms with van der Waals surface area (Å²) in [5.74, 6) is 0.328. The molecule has 0 aliphatic carbocycles. The molecule has 6 nitrogen and oxygen atoms in total. The number of rotatable bonds is 7. The average Bonchev–Trinajstić information content (AvgIpc) is 3.15. The third-order valence-corrected chi connectivity index (χ3v) is 6.62. The van der Waals surface area contributed by atoms with Gasteiger partial charge in [-0.05, 0) is 43.4 Å². The van der Waals surface area contributed by atoms with E-state index in [0.717, 1.165) is 43.9 Å². The Morgan fingerprint density at radius 1 is 1.25 bits per heavy atom. The van der Waals surface area contributed by atoms with Crippen molar-refractivity contribution in [1.82, 2.24) is 15.5 Å². The third kappa shape index (κ3) is 5.86. The minimum absolute atomic E-state index is 0. The zero-order chi connectivity index (χ0) is 19.1. The Morgan fingerprint density at radius 3 is 2.68 bits per heavy atom. The second-order valence-corrected chi connectivity index (χ2v) is 8.36. The fourth-order valence-corrected chi connectivity index (χ4v) is 4.71.